The zero-order valence-electron chi connectivity index (χ0n) is 15.8. The van der Waals surface area contributed by atoms with Crippen LogP contribution >= 0.6 is 28.1 Å². The Balaban J connectivity index is 1.85. The second kappa shape index (κ2) is 10.2. The van der Waals surface area contributed by atoms with Gasteiger partial charge < -0.3 is 4.74 Å². The summed E-state index contributed by atoms with van der Waals surface area (Å²) in [5.74, 6) is -0.0631. The first-order valence-corrected chi connectivity index (χ1v) is 9.94. The third kappa shape index (κ3) is 6.31. The molecule has 0 aromatic heterocycles. The molecule has 0 aliphatic heterocycles. The number of hydrazine groups is 1. The lowest BCUT2D eigenvalue weighted by Crippen LogP contribution is -2.48. The van der Waals surface area contributed by atoms with Crippen LogP contribution in [0.1, 0.15) is 46.5 Å². The summed E-state index contributed by atoms with van der Waals surface area (Å²) < 4.78 is 6.51. The van der Waals surface area contributed by atoms with Crippen molar-refractivity contribution < 1.29 is 14.3 Å². The van der Waals surface area contributed by atoms with E-state index in [1.165, 1.54) is 0 Å². The lowest BCUT2D eigenvalue weighted by molar-refractivity contribution is 0.0934. The van der Waals surface area contributed by atoms with Crippen molar-refractivity contribution >= 4 is 45.1 Å². The van der Waals surface area contributed by atoms with Crippen molar-refractivity contribution in [1.82, 2.24) is 16.2 Å². The number of amides is 2. The number of nitrogens with one attached hydrogen (secondary N) is 3. The van der Waals surface area contributed by atoms with Gasteiger partial charge in [0, 0.05) is 15.6 Å². The van der Waals surface area contributed by atoms with Gasteiger partial charge in [-0.3, -0.25) is 25.8 Å². The number of carbonyl (C=O) groups is 2. The highest BCUT2D eigenvalue weighted by molar-refractivity contribution is 9.10. The molecule has 1 unspecified atom stereocenters. The van der Waals surface area contributed by atoms with Gasteiger partial charge in [-0.05, 0) is 74.4 Å². The van der Waals surface area contributed by atoms with Gasteiger partial charge in [0.05, 0.1) is 6.10 Å². The Kier molecular flexibility index (Phi) is 7.95. The number of ether oxygens (including phenoxy) is 1. The highest BCUT2D eigenvalue weighted by Crippen LogP contribution is 2.17. The molecule has 1 atom stereocenters. The number of halogens is 1. The average Bonchev–Trinajstić information content (AvgIpc) is 2.68. The van der Waals surface area contributed by atoms with E-state index in [0.717, 1.165) is 16.5 Å². The second-order valence-electron chi connectivity index (χ2n) is 6.19. The van der Waals surface area contributed by atoms with Gasteiger partial charge in [-0.1, -0.05) is 28.9 Å². The fourth-order valence-corrected chi connectivity index (χ4v) is 2.65. The molecule has 0 aliphatic rings. The van der Waals surface area contributed by atoms with Crippen LogP contribution in [0.2, 0.25) is 0 Å². The van der Waals surface area contributed by atoms with Crippen LogP contribution in [0, 0.1) is 6.92 Å². The summed E-state index contributed by atoms with van der Waals surface area (Å²) in [5, 5.41) is 2.50. The van der Waals surface area contributed by atoms with Crippen molar-refractivity contribution in [3.63, 3.8) is 0 Å². The maximum absolute atomic E-state index is 12.2. The Morgan fingerprint density at radius 2 is 1.71 bits per heavy atom. The van der Waals surface area contributed by atoms with Gasteiger partial charge >= 0.3 is 0 Å². The van der Waals surface area contributed by atoms with Crippen molar-refractivity contribution in [3.8, 4) is 5.75 Å². The molecule has 2 aromatic carbocycles. The molecule has 0 saturated heterocycles. The van der Waals surface area contributed by atoms with Gasteiger partial charge in [-0.2, -0.15) is 0 Å². The van der Waals surface area contributed by atoms with Crippen LogP contribution in [0.3, 0.4) is 0 Å². The number of aryl methyl sites for hydroxylation is 1. The smallest absolute Gasteiger partial charge is 0.269 e. The summed E-state index contributed by atoms with van der Waals surface area (Å²) in [7, 11) is 0. The first-order chi connectivity index (χ1) is 13.3. The van der Waals surface area contributed by atoms with E-state index >= 15 is 0 Å². The largest absolute Gasteiger partial charge is 0.491 e. The van der Waals surface area contributed by atoms with Crippen LogP contribution in [0.25, 0.3) is 0 Å². The molecule has 0 radical (unpaired) electrons. The van der Waals surface area contributed by atoms with Crippen molar-refractivity contribution in [2.45, 2.75) is 33.3 Å². The molecule has 8 heteroatoms. The van der Waals surface area contributed by atoms with E-state index in [0.29, 0.717) is 16.9 Å². The lowest BCUT2D eigenvalue weighted by atomic mass is 10.1. The first kappa shape index (κ1) is 21.8. The Labute approximate surface area is 178 Å². The van der Waals surface area contributed by atoms with Gasteiger partial charge in [-0.15, -0.1) is 0 Å². The third-order valence-electron chi connectivity index (χ3n) is 3.98. The monoisotopic (exact) mass is 463 g/mol. The predicted octanol–water partition coefficient (Wildman–Crippen LogP) is 3.88. The molecule has 148 valence electrons. The quantitative estimate of drug-likeness (QED) is 0.463. The topological polar surface area (TPSA) is 79.5 Å². The molecule has 2 amide bonds. The lowest BCUT2D eigenvalue weighted by Gasteiger charge is -2.13. The average molecular weight is 464 g/mol. The van der Waals surface area contributed by atoms with E-state index < -0.39 is 0 Å². The molecule has 0 heterocycles. The van der Waals surface area contributed by atoms with Gasteiger partial charge in [0.25, 0.3) is 11.8 Å². The minimum absolute atomic E-state index is 0.00976. The van der Waals surface area contributed by atoms with E-state index in [9.17, 15) is 9.59 Å². The fourth-order valence-electron chi connectivity index (χ4n) is 2.13. The van der Waals surface area contributed by atoms with Crippen molar-refractivity contribution in [2.24, 2.45) is 0 Å². The van der Waals surface area contributed by atoms with Gasteiger partial charge in [0.2, 0.25) is 0 Å². The van der Waals surface area contributed by atoms with Crippen molar-refractivity contribution in [2.75, 3.05) is 0 Å². The summed E-state index contributed by atoms with van der Waals surface area (Å²) in [6.07, 6.45) is 1.00. The summed E-state index contributed by atoms with van der Waals surface area (Å²) in [6.45, 7) is 5.95. The maximum atomic E-state index is 12.2. The van der Waals surface area contributed by atoms with Gasteiger partial charge in [0.1, 0.15) is 5.75 Å². The molecular formula is C20H22BrN3O3S. The Morgan fingerprint density at radius 3 is 2.32 bits per heavy atom. The molecule has 0 fully saturated rings. The molecule has 0 spiro atoms. The van der Waals surface area contributed by atoms with Gasteiger partial charge in [-0.25, -0.2) is 0 Å². The molecule has 2 rings (SSSR count). The van der Waals surface area contributed by atoms with E-state index in [-0.39, 0.29) is 23.0 Å². The Hall–Kier alpha value is -2.45. The predicted molar refractivity (Wildman–Crippen MR) is 116 cm³/mol. The number of benzene rings is 2. The van der Waals surface area contributed by atoms with Crippen LogP contribution in [-0.4, -0.2) is 23.0 Å². The number of carbonyl (C=O) groups excluding carboxylic acids is 2. The van der Waals surface area contributed by atoms with Crippen LogP contribution in [0.4, 0.5) is 0 Å². The van der Waals surface area contributed by atoms with Crippen molar-refractivity contribution in [1.29, 1.82) is 0 Å². The van der Waals surface area contributed by atoms with Crippen molar-refractivity contribution in [3.05, 3.63) is 63.6 Å². The maximum Gasteiger partial charge on any atom is 0.269 e. The van der Waals surface area contributed by atoms with E-state index in [2.05, 4.69) is 32.1 Å². The second-order valence-corrected chi connectivity index (χ2v) is 7.45. The molecule has 0 aliphatic carbocycles. The zero-order valence-corrected chi connectivity index (χ0v) is 18.2. The normalized spacial score (nSPS) is 11.3. The molecule has 2 aromatic rings. The zero-order chi connectivity index (χ0) is 20.7. The standard InChI is InChI=1S/C20H22BrN3O3S/c1-4-13(3)27-16-9-7-14(8-10-16)18(25)22-20(28)24-23-19(26)15-6-5-12(2)17(21)11-15/h5-11,13H,4H2,1-3H3,(H,23,26)(H2,22,24,25,28). The number of rotatable bonds is 5. The molecule has 6 nitrogen and oxygen atoms in total. The molecule has 0 saturated carbocycles. The minimum atomic E-state index is -0.389. The van der Waals surface area contributed by atoms with E-state index in [4.69, 9.17) is 17.0 Å². The highest BCUT2D eigenvalue weighted by Gasteiger charge is 2.11. The van der Waals surface area contributed by atoms with E-state index in [1.54, 1.807) is 36.4 Å². The number of hydrogen-bond acceptors (Lipinski definition) is 4. The summed E-state index contributed by atoms with van der Waals surface area (Å²) >= 11 is 8.43. The van der Waals surface area contributed by atoms with E-state index in [1.807, 2.05) is 26.8 Å². The Bertz CT molecular complexity index is 871. The van der Waals surface area contributed by atoms with Crippen LogP contribution < -0.4 is 20.9 Å². The summed E-state index contributed by atoms with van der Waals surface area (Å²) in [4.78, 5) is 24.4. The minimum Gasteiger partial charge on any atom is -0.491 e. The number of hydrogen-bond donors (Lipinski definition) is 3. The SMILES string of the molecule is CCC(C)Oc1ccc(C(=O)NC(=S)NNC(=O)c2ccc(C)c(Br)c2)cc1. The number of thiocarbonyl (C=S) groups is 1. The van der Waals surface area contributed by atoms with Crippen LogP contribution in [0.5, 0.6) is 5.75 Å². The third-order valence-corrected chi connectivity index (χ3v) is 5.04. The van der Waals surface area contributed by atoms with Gasteiger partial charge in [0.15, 0.2) is 5.11 Å². The highest BCUT2D eigenvalue weighted by atomic mass is 79.9. The Morgan fingerprint density at radius 1 is 1.07 bits per heavy atom. The molecular weight excluding hydrogens is 442 g/mol. The summed E-state index contributed by atoms with van der Waals surface area (Å²) in [5.41, 5.74) is 6.88. The molecule has 0 bridgehead atoms. The molecule has 3 N–H and O–H groups in total. The molecule has 28 heavy (non-hydrogen) atoms. The van der Waals surface area contributed by atoms with Crippen LogP contribution in [0.15, 0.2) is 46.9 Å². The fraction of sp³-hybridized carbons (Fsp3) is 0.250. The van der Waals surface area contributed by atoms with Crippen LogP contribution in [-0.2, 0) is 0 Å². The summed E-state index contributed by atoms with van der Waals surface area (Å²) in [6, 6.07) is 12.0. The first-order valence-electron chi connectivity index (χ1n) is 8.74.